The van der Waals surface area contributed by atoms with Gasteiger partial charge in [0.05, 0.1) is 15.9 Å². The summed E-state index contributed by atoms with van der Waals surface area (Å²) in [6, 6.07) is 0. The molecular formula is C9H10FIN2O3. The number of hydrogen-bond acceptors (Lipinski definition) is 4. The van der Waals surface area contributed by atoms with Crippen molar-refractivity contribution in [2.24, 2.45) is 0 Å². The van der Waals surface area contributed by atoms with Crippen LogP contribution < -0.4 is 5.56 Å². The van der Waals surface area contributed by atoms with Gasteiger partial charge >= 0.3 is 5.97 Å². The Labute approximate surface area is 105 Å². The predicted molar refractivity (Wildman–Crippen MR) is 62.7 cm³/mol. The first-order chi connectivity index (χ1) is 7.49. The van der Waals surface area contributed by atoms with Crippen molar-refractivity contribution in [3.63, 3.8) is 0 Å². The summed E-state index contributed by atoms with van der Waals surface area (Å²) in [4.78, 5) is 26.5. The molecule has 1 heterocycles. The van der Waals surface area contributed by atoms with Crippen LogP contribution in [-0.4, -0.2) is 22.1 Å². The van der Waals surface area contributed by atoms with Crippen LogP contribution in [0.5, 0.6) is 0 Å². The summed E-state index contributed by atoms with van der Waals surface area (Å²) in [5.41, 5.74) is -0.0911. The molecule has 1 rings (SSSR count). The zero-order chi connectivity index (χ0) is 12.3. The Kier molecular flexibility index (Phi) is 4.39. The summed E-state index contributed by atoms with van der Waals surface area (Å²) in [5, 5.41) is 0. The van der Waals surface area contributed by atoms with E-state index in [2.05, 4.69) is 9.72 Å². The monoisotopic (exact) mass is 340 g/mol. The van der Waals surface area contributed by atoms with Gasteiger partial charge in [0.15, 0.2) is 0 Å². The molecule has 0 saturated heterocycles. The lowest BCUT2D eigenvalue weighted by molar-refractivity contribution is -0.153. The van der Waals surface area contributed by atoms with E-state index in [0.717, 1.165) is 6.33 Å². The number of nitrogens with zero attached hydrogens (tertiary/aromatic N) is 2. The number of carbonyl (C=O) groups is 1. The second-order valence-corrected chi connectivity index (χ2v) is 4.02. The van der Waals surface area contributed by atoms with E-state index in [9.17, 15) is 14.0 Å². The van der Waals surface area contributed by atoms with Crippen molar-refractivity contribution >= 4 is 28.6 Å². The molecule has 1 aromatic rings. The van der Waals surface area contributed by atoms with E-state index in [1.807, 2.05) is 0 Å². The van der Waals surface area contributed by atoms with Crippen molar-refractivity contribution in [1.82, 2.24) is 9.55 Å². The summed E-state index contributed by atoms with van der Waals surface area (Å²) < 4.78 is 18.9. The molecule has 0 spiro atoms. The number of ether oxygens (including phenoxy) is 1. The van der Waals surface area contributed by atoms with Gasteiger partial charge in [0, 0.05) is 0 Å². The molecule has 0 fully saturated rings. The van der Waals surface area contributed by atoms with Crippen LogP contribution in [0.15, 0.2) is 11.1 Å². The van der Waals surface area contributed by atoms with Crippen LogP contribution in [0.1, 0.15) is 18.9 Å². The summed E-state index contributed by atoms with van der Waals surface area (Å²) >= 11 is 1.76. The normalized spacial score (nSPS) is 12.2. The largest absolute Gasteiger partial charge is 0.462 e. The molecule has 0 saturated carbocycles. The average Bonchev–Trinajstić information content (AvgIpc) is 2.26. The Hall–Kier alpha value is -0.990. The lowest BCUT2D eigenvalue weighted by atomic mass is 10.4. The van der Waals surface area contributed by atoms with E-state index in [0.29, 0.717) is 10.3 Å². The summed E-state index contributed by atoms with van der Waals surface area (Å²) in [7, 11) is 0. The Morgan fingerprint density at radius 1 is 1.75 bits per heavy atom. The van der Waals surface area contributed by atoms with E-state index >= 15 is 0 Å². The average molecular weight is 340 g/mol. The number of hydrogen-bond donors (Lipinski definition) is 0. The third-order valence-electron chi connectivity index (χ3n) is 1.84. The van der Waals surface area contributed by atoms with Crippen LogP contribution in [0.3, 0.4) is 0 Å². The van der Waals surface area contributed by atoms with Gasteiger partial charge in [0.25, 0.3) is 11.9 Å². The summed E-state index contributed by atoms with van der Waals surface area (Å²) in [6.45, 7) is 3.25. The first-order valence-corrected chi connectivity index (χ1v) is 5.60. The molecule has 1 atom stereocenters. The standard InChI is InChI=1S/C9H10FIN2O3/c1-3-16-9(15)7(10)13-4-12-5(2)6(11)8(13)14/h4,7H,3H2,1-2H3. The lowest BCUT2D eigenvalue weighted by Gasteiger charge is -2.10. The van der Waals surface area contributed by atoms with Crippen molar-refractivity contribution in [2.45, 2.75) is 20.1 Å². The number of carbonyl (C=O) groups excluding carboxylic acids is 1. The zero-order valence-electron chi connectivity index (χ0n) is 8.74. The van der Waals surface area contributed by atoms with Crippen LogP contribution in [-0.2, 0) is 9.53 Å². The van der Waals surface area contributed by atoms with Crippen molar-refractivity contribution in [3.8, 4) is 0 Å². The Bertz CT molecular complexity index is 461. The fourth-order valence-electron chi connectivity index (χ4n) is 1.01. The van der Waals surface area contributed by atoms with Gasteiger partial charge in [-0.2, -0.15) is 0 Å². The molecule has 5 nitrogen and oxygen atoms in total. The Morgan fingerprint density at radius 3 is 2.94 bits per heavy atom. The maximum atomic E-state index is 13.5. The van der Waals surface area contributed by atoms with Gasteiger partial charge in [-0.05, 0) is 36.4 Å². The summed E-state index contributed by atoms with van der Waals surface area (Å²) in [6.07, 6.45) is -1.14. The topological polar surface area (TPSA) is 61.2 Å². The molecular weight excluding hydrogens is 330 g/mol. The van der Waals surface area contributed by atoms with E-state index in [1.54, 1.807) is 36.4 Å². The maximum absolute atomic E-state index is 13.5. The van der Waals surface area contributed by atoms with Gasteiger partial charge < -0.3 is 4.74 Å². The number of halogens is 2. The number of alkyl halides is 1. The molecule has 0 aliphatic heterocycles. The third kappa shape index (κ3) is 2.57. The summed E-state index contributed by atoms with van der Waals surface area (Å²) in [5.74, 6) is -1.09. The van der Waals surface area contributed by atoms with Crippen molar-refractivity contribution < 1.29 is 13.9 Å². The number of esters is 1. The van der Waals surface area contributed by atoms with E-state index in [4.69, 9.17) is 0 Å². The Balaban J connectivity index is 3.10. The quantitative estimate of drug-likeness (QED) is 0.613. The van der Waals surface area contributed by atoms with E-state index < -0.39 is 17.8 Å². The lowest BCUT2D eigenvalue weighted by Crippen LogP contribution is -2.30. The minimum absolute atomic E-state index is 0.0599. The molecule has 16 heavy (non-hydrogen) atoms. The molecule has 0 bridgehead atoms. The van der Waals surface area contributed by atoms with Gasteiger partial charge in [-0.15, -0.1) is 0 Å². The van der Waals surface area contributed by atoms with Gasteiger partial charge in [-0.25, -0.2) is 14.2 Å². The minimum Gasteiger partial charge on any atom is -0.462 e. The molecule has 7 heteroatoms. The van der Waals surface area contributed by atoms with Crippen molar-refractivity contribution in [1.29, 1.82) is 0 Å². The van der Waals surface area contributed by atoms with Gasteiger partial charge in [-0.1, -0.05) is 0 Å². The van der Waals surface area contributed by atoms with Crippen LogP contribution in [0, 0.1) is 10.5 Å². The third-order valence-corrected chi connectivity index (χ3v) is 3.08. The number of aromatic nitrogens is 2. The zero-order valence-corrected chi connectivity index (χ0v) is 10.9. The van der Waals surface area contributed by atoms with Crippen molar-refractivity contribution in [2.75, 3.05) is 6.61 Å². The smallest absolute Gasteiger partial charge is 0.362 e. The van der Waals surface area contributed by atoms with Crippen molar-refractivity contribution in [3.05, 3.63) is 25.9 Å². The van der Waals surface area contributed by atoms with E-state index in [-0.39, 0.29) is 10.2 Å². The highest BCUT2D eigenvalue weighted by Crippen LogP contribution is 2.09. The molecule has 0 aliphatic rings. The highest BCUT2D eigenvalue weighted by atomic mass is 127. The minimum atomic E-state index is -2.14. The molecule has 0 aliphatic carbocycles. The molecule has 1 aromatic heterocycles. The predicted octanol–water partition coefficient (Wildman–Crippen LogP) is 1.19. The fraction of sp³-hybridized carbons (Fsp3) is 0.444. The SMILES string of the molecule is CCOC(=O)C(F)n1cnc(C)c(I)c1=O. The van der Waals surface area contributed by atoms with Gasteiger partial charge in [0.1, 0.15) is 6.33 Å². The highest BCUT2D eigenvalue weighted by molar-refractivity contribution is 14.1. The highest BCUT2D eigenvalue weighted by Gasteiger charge is 2.23. The molecule has 1 unspecified atom stereocenters. The van der Waals surface area contributed by atoms with Gasteiger partial charge in [-0.3, -0.25) is 9.36 Å². The first kappa shape index (κ1) is 13.1. The van der Waals surface area contributed by atoms with Crippen LogP contribution in [0.25, 0.3) is 0 Å². The van der Waals surface area contributed by atoms with E-state index in [1.165, 1.54) is 0 Å². The number of aryl methyl sites for hydroxylation is 1. The molecule has 0 amide bonds. The first-order valence-electron chi connectivity index (χ1n) is 4.53. The van der Waals surface area contributed by atoms with Crippen LogP contribution in [0.4, 0.5) is 4.39 Å². The Morgan fingerprint density at radius 2 is 2.38 bits per heavy atom. The number of rotatable bonds is 3. The van der Waals surface area contributed by atoms with Crippen LogP contribution in [0.2, 0.25) is 0 Å². The fourth-order valence-corrected chi connectivity index (χ4v) is 1.43. The second-order valence-electron chi connectivity index (χ2n) is 2.94. The molecule has 88 valence electrons. The second kappa shape index (κ2) is 5.37. The van der Waals surface area contributed by atoms with Crippen LogP contribution >= 0.6 is 22.6 Å². The van der Waals surface area contributed by atoms with Gasteiger partial charge in [0.2, 0.25) is 0 Å². The molecule has 0 aromatic carbocycles. The molecule has 0 radical (unpaired) electrons. The molecule has 0 N–H and O–H groups in total. The maximum Gasteiger partial charge on any atom is 0.362 e.